The summed E-state index contributed by atoms with van der Waals surface area (Å²) in [6.07, 6.45) is 2.99. The van der Waals surface area contributed by atoms with Crippen LogP contribution >= 0.6 is 0 Å². The predicted octanol–water partition coefficient (Wildman–Crippen LogP) is 1.05. The number of rotatable bonds is 2. The molecule has 0 radical (unpaired) electrons. The number of nitrogens with two attached hydrogens (primary N) is 1. The highest BCUT2D eigenvalue weighted by Gasteiger charge is 2.02. The van der Waals surface area contributed by atoms with Crippen molar-refractivity contribution >= 4 is 5.69 Å². The first kappa shape index (κ1) is 8.68. The van der Waals surface area contributed by atoms with Gasteiger partial charge in [-0.3, -0.25) is 0 Å². The number of nitrogen functional groups attached to an aromatic ring is 1. The van der Waals surface area contributed by atoms with Gasteiger partial charge >= 0.3 is 0 Å². The molecule has 2 aromatic rings. The van der Waals surface area contributed by atoms with Crippen LogP contribution in [0.4, 0.5) is 10.1 Å². The monoisotopic (exact) mass is 192 g/mol. The van der Waals surface area contributed by atoms with Gasteiger partial charge in [-0.1, -0.05) is 0 Å². The number of benzene rings is 1. The summed E-state index contributed by atoms with van der Waals surface area (Å²) in [6, 6.07) is 4.28. The molecule has 0 bridgehead atoms. The molecule has 0 aliphatic heterocycles. The molecule has 5 heteroatoms. The van der Waals surface area contributed by atoms with Crippen molar-refractivity contribution in [2.75, 3.05) is 5.73 Å². The SMILES string of the molecule is Nc1ccc(F)cc1Cn1cncn1. The molecule has 1 heterocycles. The van der Waals surface area contributed by atoms with Gasteiger partial charge in [0.05, 0.1) is 6.54 Å². The molecule has 2 rings (SSSR count). The van der Waals surface area contributed by atoms with Crippen LogP contribution in [0.3, 0.4) is 0 Å². The van der Waals surface area contributed by atoms with Crippen molar-refractivity contribution < 1.29 is 4.39 Å². The van der Waals surface area contributed by atoms with E-state index < -0.39 is 0 Å². The molecule has 0 saturated carbocycles. The Balaban J connectivity index is 2.28. The Kier molecular flexibility index (Phi) is 2.14. The van der Waals surface area contributed by atoms with E-state index in [9.17, 15) is 4.39 Å². The first-order valence-corrected chi connectivity index (χ1v) is 4.12. The highest BCUT2D eigenvalue weighted by atomic mass is 19.1. The molecule has 0 aliphatic rings. The number of aromatic nitrogens is 3. The van der Waals surface area contributed by atoms with Gasteiger partial charge in [-0.05, 0) is 23.8 Å². The number of hydrogen-bond donors (Lipinski definition) is 1. The molecule has 0 aliphatic carbocycles. The van der Waals surface area contributed by atoms with Gasteiger partial charge < -0.3 is 5.73 Å². The summed E-state index contributed by atoms with van der Waals surface area (Å²) in [7, 11) is 0. The van der Waals surface area contributed by atoms with Crippen LogP contribution in [0.2, 0.25) is 0 Å². The highest BCUT2D eigenvalue weighted by molar-refractivity contribution is 5.46. The Morgan fingerprint density at radius 1 is 1.43 bits per heavy atom. The second kappa shape index (κ2) is 3.45. The Morgan fingerprint density at radius 2 is 2.29 bits per heavy atom. The third-order valence-corrected chi connectivity index (χ3v) is 1.90. The maximum absolute atomic E-state index is 12.9. The van der Waals surface area contributed by atoms with Crippen molar-refractivity contribution in [1.29, 1.82) is 0 Å². The fraction of sp³-hybridized carbons (Fsp3) is 0.111. The first-order valence-electron chi connectivity index (χ1n) is 4.12. The Bertz CT molecular complexity index is 424. The van der Waals surface area contributed by atoms with Crippen LogP contribution in [0, 0.1) is 5.82 Å². The minimum Gasteiger partial charge on any atom is -0.398 e. The molecule has 2 N–H and O–H groups in total. The van der Waals surface area contributed by atoms with E-state index in [2.05, 4.69) is 10.1 Å². The van der Waals surface area contributed by atoms with Crippen LogP contribution < -0.4 is 5.73 Å². The molecule has 0 spiro atoms. The second-order valence-corrected chi connectivity index (χ2v) is 2.94. The largest absolute Gasteiger partial charge is 0.398 e. The van der Waals surface area contributed by atoms with Crippen molar-refractivity contribution in [2.24, 2.45) is 0 Å². The maximum Gasteiger partial charge on any atom is 0.137 e. The van der Waals surface area contributed by atoms with Gasteiger partial charge in [-0.15, -0.1) is 0 Å². The molecule has 1 aromatic heterocycles. The molecule has 0 unspecified atom stereocenters. The lowest BCUT2D eigenvalue weighted by molar-refractivity contribution is 0.619. The summed E-state index contributed by atoms with van der Waals surface area (Å²) in [6.45, 7) is 0.434. The first-order chi connectivity index (χ1) is 6.75. The summed E-state index contributed by atoms with van der Waals surface area (Å²) >= 11 is 0. The Morgan fingerprint density at radius 3 is 3.00 bits per heavy atom. The van der Waals surface area contributed by atoms with E-state index in [1.807, 2.05) is 0 Å². The Hall–Kier alpha value is -1.91. The van der Waals surface area contributed by atoms with E-state index in [1.165, 1.54) is 18.5 Å². The van der Waals surface area contributed by atoms with E-state index in [4.69, 9.17) is 5.73 Å². The van der Waals surface area contributed by atoms with Crippen LogP contribution in [0.5, 0.6) is 0 Å². The van der Waals surface area contributed by atoms with Crippen molar-refractivity contribution in [3.63, 3.8) is 0 Å². The molecule has 14 heavy (non-hydrogen) atoms. The van der Waals surface area contributed by atoms with Crippen molar-refractivity contribution in [1.82, 2.24) is 14.8 Å². The van der Waals surface area contributed by atoms with E-state index in [1.54, 1.807) is 17.1 Å². The van der Waals surface area contributed by atoms with Crippen molar-refractivity contribution in [3.8, 4) is 0 Å². The third-order valence-electron chi connectivity index (χ3n) is 1.90. The van der Waals surface area contributed by atoms with Gasteiger partial charge in [0, 0.05) is 5.69 Å². The number of nitrogens with zero attached hydrogens (tertiary/aromatic N) is 3. The maximum atomic E-state index is 12.9. The topological polar surface area (TPSA) is 56.7 Å². The van der Waals surface area contributed by atoms with Gasteiger partial charge in [0.1, 0.15) is 18.5 Å². The van der Waals surface area contributed by atoms with Crippen LogP contribution in [0.25, 0.3) is 0 Å². The molecule has 0 atom stereocenters. The summed E-state index contributed by atoms with van der Waals surface area (Å²) in [5.74, 6) is -0.297. The lowest BCUT2D eigenvalue weighted by Gasteiger charge is -2.04. The normalized spacial score (nSPS) is 10.4. The van der Waals surface area contributed by atoms with Crippen molar-refractivity contribution in [3.05, 3.63) is 42.2 Å². The van der Waals surface area contributed by atoms with Gasteiger partial charge in [-0.2, -0.15) is 5.10 Å². The van der Waals surface area contributed by atoms with Crippen LogP contribution in [0.15, 0.2) is 30.9 Å². The van der Waals surface area contributed by atoms with Gasteiger partial charge in [0.2, 0.25) is 0 Å². The van der Waals surface area contributed by atoms with Crippen LogP contribution in [0.1, 0.15) is 5.56 Å². The molecule has 0 saturated heterocycles. The molecule has 0 fully saturated rings. The molecule has 0 amide bonds. The number of anilines is 1. The van der Waals surface area contributed by atoms with Gasteiger partial charge in [0.15, 0.2) is 0 Å². The zero-order valence-corrected chi connectivity index (χ0v) is 7.39. The fourth-order valence-corrected chi connectivity index (χ4v) is 1.20. The summed E-state index contributed by atoms with van der Waals surface area (Å²) < 4.78 is 14.5. The van der Waals surface area contributed by atoms with Crippen LogP contribution in [-0.4, -0.2) is 14.8 Å². The number of hydrogen-bond acceptors (Lipinski definition) is 3. The standard InChI is InChI=1S/C9H9FN4/c10-8-1-2-9(11)7(3-8)4-14-6-12-5-13-14/h1-3,5-6H,4,11H2. The smallest absolute Gasteiger partial charge is 0.137 e. The van der Waals surface area contributed by atoms with E-state index >= 15 is 0 Å². The summed E-state index contributed by atoms with van der Waals surface area (Å²) in [4.78, 5) is 3.79. The average molecular weight is 192 g/mol. The Labute approximate surface area is 80.2 Å². The second-order valence-electron chi connectivity index (χ2n) is 2.94. The van der Waals surface area contributed by atoms with Gasteiger partial charge in [-0.25, -0.2) is 14.1 Å². The number of halogens is 1. The minimum atomic E-state index is -0.297. The van der Waals surface area contributed by atoms with Gasteiger partial charge in [0.25, 0.3) is 0 Å². The molecular weight excluding hydrogens is 183 g/mol. The lowest BCUT2D eigenvalue weighted by atomic mass is 10.2. The van der Waals surface area contributed by atoms with Crippen LogP contribution in [-0.2, 0) is 6.54 Å². The van der Waals surface area contributed by atoms with E-state index in [0.717, 1.165) is 0 Å². The molecule has 1 aromatic carbocycles. The lowest BCUT2D eigenvalue weighted by Crippen LogP contribution is -2.03. The zero-order chi connectivity index (χ0) is 9.97. The quantitative estimate of drug-likeness (QED) is 0.723. The van der Waals surface area contributed by atoms with E-state index in [-0.39, 0.29) is 5.82 Å². The zero-order valence-electron chi connectivity index (χ0n) is 7.39. The highest BCUT2D eigenvalue weighted by Crippen LogP contribution is 2.13. The molecule has 72 valence electrons. The summed E-state index contributed by atoms with van der Waals surface area (Å²) in [5, 5.41) is 3.91. The molecule has 4 nitrogen and oxygen atoms in total. The third kappa shape index (κ3) is 1.71. The van der Waals surface area contributed by atoms with Crippen molar-refractivity contribution in [2.45, 2.75) is 6.54 Å². The minimum absolute atomic E-state index is 0.297. The van der Waals surface area contributed by atoms with E-state index in [0.29, 0.717) is 17.8 Å². The summed E-state index contributed by atoms with van der Waals surface area (Å²) in [5.41, 5.74) is 6.94. The average Bonchev–Trinajstić information content (AvgIpc) is 2.64. The predicted molar refractivity (Wildman–Crippen MR) is 49.9 cm³/mol. The fourth-order valence-electron chi connectivity index (χ4n) is 1.20. The molecular formula is C9H9FN4.